The number of halogens is 1. The minimum Gasteiger partial charge on any atom is -0.382 e. The molecule has 1 aliphatic rings. The van der Waals surface area contributed by atoms with Crippen molar-refractivity contribution < 1.29 is 4.39 Å². The first-order chi connectivity index (χ1) is 6.20. The van der Waals surface area contributed by atoms with Gasteiger partial charge in [-0.05, 0) is 43.4 Å². The molecule has 1 N–H and O–H groups in total. The van der Waals surface area contributed by atoms with Crippen LogP contribution in [0.15, 0.2) is 6.07 Å². The standard InChI is InChI=1S/C11H14FN/c1-7-6-8(2)10(12)11-9(7)4-3-5-13-11/h6,13H,3-5H2,1-2H3. The molecule has 1 heterocycles. The second-order valence-electron chi connectivity index (χ2n) is 3.71. The van der Waals surface area contributed by atoms with Crippen LogP contribution in [0.2, 0.25) is 0 Å². The largest absolute Gasteiger partial charge is 0.382 e. The highest BCUT2D eigenvalue weighted by Crippen LogP contribution is 2.30. The van der Waals surface area contributed by atoms with Gasteiger partial charge in [-0.1, -0.05) is 6.07 Å². The van der Waals surface area contributed by atoms with Gasteiger partial charge in [-0.3, -0.25) is 0 Å². The van der Waals surface area contributed by atoms with Crippen molar-refractivity contribution in [2.24, 2.45) is 0 Å². The van der Waals surface area contributed by atoms with Gasteiger partial charge in [0, 0.05) is 6.54 Å². The Hall–Kier alpha value is -1.05. The van der Waals surface area contributed by atoms with E-state index in [1.165, 1.54) is 5.56 Å². The zero-order valence-corrected chi connectivity index (χ0v) is 8.08. The number of aryl methyl sites for hydroxylation is 2. The molecule has 70 valence electrons. The first-order valence-electron chi connectivity index (χ1n) is 4.72. The molecule has 0 atom stereocenters. The second-order valence-corrected chi connectivity index (χ2v) is 3.71. The third kappa shape index (κ3) is 1.30. The Morgan fingerprint density at radius 2 is 2.08 bits per heavy atom. The van der Waals surface area contributed by atoms with Crippen molar-refractivity contribution in [2.45, 2.75) is 26.7 Å². The van der Waals surface area contributed by atoms with Crippen LogP contribution in [0, 0.1) is 19.7 Å². The van der Waals surface area contributed by atoms with Gasteiger partial charge >= 0.3 is 0 Å². The van der Waals surface area contributed by atoms with E-state index in [-0.39, 0.29) is 5.82 Å². The van der Waals surface area contributed by atoms with E-state index in [0.717, 1.165) is 36.2 Å². The Morgan fingerprint density at radius 1 is 1.31 bits per heavy atom. The number of fused-ring (bicyclic) bond motifs is 1. The number of nitrogens with one attached hydrogen (secondary N) is 1. The quantitative estimate of drug-likeness (QED) is 0.645. The van der Waals surface area contributed by atoms with Crippen molar-refractivity contribution in [1.82, 2.24) is 0 Å². The first kappa shape index (κ1) is 8.54. The summed E-state index contributed by atoms with van der Waals surface area (Å²) >= 11 is 0. The molecule has 1 aromatic carbocycles. The summed E-state index contributed by atoms with van der Waals surface area (Å²) in [6.07, 6.45) is 2.11. The van der Waals surface area contributed by atoms with E-state index in [1.54, 1.807) is 0 Å². The van der Waals surface area contributed by atoms with Crippen LogP contribution in [0.1, 0.15) is 23.1 Å². The summed E-state index contributed by atoms with van der Waals surface area (Å²) in [6.45, 7) is 4.77. The minimum atomic E-state index is -0.0692. The van der Waals surface area contributed by atoms with Crippen molar-refractivity contribution in [3.63, 3.8) is 0 Å². The number of hydrogen-bond acceptors (Lipinski definition) is 1. The number of anilines is 1. The normalized spacial score (nSPS) is 15.0. The average Bonchev–Trinajstić information content (AvgIpc) is 2.15. The summed E-state index contributed by atoms with van der Waals surface area (Å²) < 4.78 is 13.6. The Labute approximate surface area is 78.0 Å². The number of hydrogen-bond donors (Lipinski definition) is 1. The van der Waals surface area contributed by atoms with Gasteiger partial charge in [0.05, 0.1) is 5.69 Å². The molecule has 0 aliphatic carbocycles. The summed E-state index contributed by atoms with van der Waals surface area (Å²) in [5, 5.41) is 3.14. The Morgan fingerprint density at radius 3 is 2.85 bits per heavy atom. The van der Waals surface area contributed by atoms with Gasteiger partial charge in [0.2, 0.25) is 0 Å². The van der Waals surface area contributed by atoms with E-state index in [1.807, 2.05) is 13.0 Å². The van der Waals surface area contributed by atoms with E-state index < -0.39 is 0 Å². The van der Waals surface area contributed by atoms with Crippen LogP contribution >= 0.6 is 0 Å². The van der Waals surface area contributed by atoms with Crippen LogP contribution in [0.5, 0.6) is 0 Å². The summed E-state index contributed by atoms with van der Waals surface area (Å²) in [7, 11) is 0. The highest BCUT2D eigenvalue weighted by Gasteiger charge is 2.16. The molecule has 0 unspecified atom stereocenters. The van der Waals surface area contributed by atoms with Crippen LogP contribution in [-0.2, 0) is 6.42 Å². The molecule has 2 rings (SSSR count). The van der Waals surface area contributed by atoms with Gasteiger partial charge in [0.25, 0.3) is 0 Å². The lowest BCUT2D eigenvalue weighted by atomic mass is 9.96. The predicted octanol–water partition coefficient (Wildman–Crippen LogP) is 2.80. The molecular weight excluding hydrogens is 165 g/mol. The van der Waals surface area contributed by atoms with Crippen LogP contribution < -0.4 is 5.32 Å². The summed E-state index contributed by atoms with van der Waals surface area (Å²) in [5.41, 5.74) is 3.85. The van der Waals surface area contributed by atoms with E-state index in [2.05, 4.69) is 12.2 Å². The predicted molar refractivity (Wildman–Crippen MR) is 52.7 cm³/mol. The topological polar surface area (TPSA) is 12.0 Å². The molecule has 0 saturated heterocycles. The zero-order chi connectivity index (χ0) is 9.42. The summed E-state index contributed by atoms with van der Waals surface area (Å²) in [5.74, 6) is -0.0692. The van der Waals surface area contributed by atoms with Crippen LogP contribution in [0.4, 0.5) is 10.1 Å². The maximum absolute atomic E-state index is 13.6. The van der Waals surface area contributed by atoms with Crippen molar-refractivity contribution in [2.75, 3.05) is 11.9 Å². The summed E-state index contributed by atoms with van der Waals surface area (Å²) in [6, 6.07) is 1.93. The fourth-order valence-electron chi connectivity index (χ4n) is 1.99. The maximum atomic E-state index is 13.6. The lowest BCUT2D eigenvalue weighted by molar-refractivity contribution is 0.613. The van der Waals surface area contributed by atoms with Gasteiger partial charge in [-0.15, -0.1) is 0 Å². The van der Waals surface area contributed by atoms with Gasteiger partial charge in [0.15, 0.2) is 0 Å². The Kier molecular flexibility index (Phi) is 1.98. The molecule has 0 saturated carbocycles. The maximum Gasteiger partial charge on any atom is 0.149 e. The van der Waals surface area contributed by atoms with Crippen LogP contribution in [-0.4, -0.2) is 6.54 Å². The lowest BCUT2D eigenvalue weighted by Gasteiger charge is -2.21. The first-order valence-corrected chi connectivity index (χ1v) is 4.72. The smallest absolute Gasteiger partial charge is 0.149 e. The Balaban J connectivity index is 2.63. The van der Waals surface area contributed by atoms with Crippen LogP contribution in [0.3, 0.4) is 0 Å². The van der Waals surface area contributed by atoms with Gasteiger partial charge in [-0.25, -0.2) is 4.39 Å². The number of benzene rings is 1. The molecule has 0 spiro atoms. The van der Waals surface area contributed by atoms with Gasteiger partial charge in [0.1, 0.15) is 5.82 Å². The van der Waals surface area contributed by atoms with E-state index in [4.69, 9.17) is 0 Å². The third-order valence-electron chi connectivity index (χ3n) is 2.68. The third-order valence-corrected chi connectivity index (χ3v) is 2.68. The van der Waals surface area contributed by atoms with E-state index >= 15 is 0 Å². The fraction of sp³-hybridized carbons (Fsp3) is 0.455. The molecule has 0 radical (unpaired) electrons. The average molecular weight is 179 g/mol. The van der Waals surface area contributed by atoms with Gasteiger partial charge < -0.3 is 5.32 Å². The Bertz CT molecular complexity index is 344. The zero-order valence-electron chi connectivity index (χ0n) is 8.08. The van der Waals surface area contributed by atoms with Crippen LogP contribution in [0.25, 0.3) is 0 Å². The summed E-state index contributed by atoms with van der Waals surface area (Å²) in [4.78, 5) is 0. The van der Waals surface area contributed by atoms with Crippen molar-refractivity contribution in [1.29, 1.82) is 0 Å². The second kappa shape index (κ2) is 3.02. The molecule has 0 aromatic heterocycles. The van der Waals surface area contributed by atoms with Crippen molar-refractivity contribution in [3.8, 4) is 0 Å². The SMILES string of the molecule is Cc1cc(C)c2c(c1F)NCCC2. The molecule has 2 heteroatoms. The lowest BCUT2D eigenvalue weighted by Crippen LogP contribution is -2.15. The molecule has 1 aliphatic heterocycles. The molecule has 13 heavy (non-hydrogen) atoms. The highest BCUT2D eigenvalue weighted by molar-refractivity contribution is 5.59. The fourth-order valence-corrected chi connectivity index (χ4v) is 1.99. The van der Waals surface area contributed by atoms with Gasteiger partial charge in [-0.2, -0.15) is 0 Å². The van der Waals surface area contributed by atoms with E-state index in [9.17, 15) is 4.39 Å². The number of rotatable bonds is 0. The highest BCUT2D eigenvalue weighted by atomic mass is 19.1. The molecule has 0 bridgehead atoms. The molecule has 1 aromatic rings. The molecule has 0 amide bonds. The minimum absolute atomic E-state index is 0.0692. The van der Waals surface area contributed by atoms with E-state index in [0.29, 0.717) is 0 Å². The van der Waals surface area contributed by atoms with Crippen molar-refractivity contribution in [3.05, 3.63) is 28.6 Å². The monoisotopic (exact) mass is 179 g/mol. The molecule has 1 nitrogen and oxygen atoms in total. The van der Waals surface area contributed by atoms with Crippen molar-refractivity contribution >= 4 is 5.69 Å². The molecule has 0 fully saturated rings. The molecular formula is C11H14FN.